The topological polar surface area (TPSA) is 77.8 Å². The molecule has 0 amide bonds. The van der Waals surface area contributed by atoms with Gasteiger partial charge in [-0.05, 0) is 18.2 Å². The van der Waals surface area contributed by atoms with Gasteiger partial charge in [-0.15, -0.1) is 0 Å². The molecule has 2 heterocycles. The van der Waals surface area contributed by atoms with E-state index in [1.165, 1.54) is 0 Å². The van der Waals surface area contributed by atoms with Crippen molar-refractivity contribution in [2.45, 2.75) is 12.5 Å². The highest BCUT2D eigenvalue weighted by atomic mass is 14.7. The number of pyridine rings is 2. The zero-order valence-electron chi connectivity index (χ0n) is 8.88. The number of hydrogen-bond donors (Lipinski definition) is 2. The second-order valence-corrected chi connectivity index (χ2v) is 3.64. The molecule has 0 spiro atoms. The van der Waals surface area contributed by atoms with E-state index in [4.69, 9.17) is 11.5 Å². The number of aromatic nitrogens is 2. The van der Waals surface area contributed by atoms with Gasteiger partial charge in [-0.2, -0.15) is 0 Å². The van der Waals surface area contributed by atoms with Crippen molar-refractivity contribution in [3.05, 3.63) is 54.1 Å². The van der Waals surface area contributed by atoms with Crippen molar-refractivity contribution in [3.63, 3.8) is 0 Å². The lowest BCUT2D eigenvalue weighted by Crippen LogP contribution is -2.16. The van der Waals surface area contributed by atoms with Crippen LogP contribution in [-0.4, -0.2) is 9.97 Å². The van der Waals surface area contributed by atoms with E-state index in [-0.39, 0.29) is 6.04 Å². The average Bonchev–Trinajstić information content (AvgIpc) is 2.31. The monoisotopic (exact) mass is 214 g/mol. The van der Waals surface area contributed by atoms with E-state index in [9.17, 15) is 0 Å². The van der Waals surface area contributed by atoms with E-state index >= 15 is 0 Å². The van der Waals surface area contributed by atoms with Gasteiger partial charge in [0.2, 0.25) is 0 Å². The molecule has 0 saturated carbocycles. The van der Waals surface area contributed by atoms with Crippen LogP contribution >= 0.6 is 0 Å². The summed E-state index contributed by atoms with van der Waals surface area (Å²) >= 11 is 0. The zero-order chi connectivity index (χ0) is 11.4. The van der Waals surface area contributed by atoms with Gasteiger partial charge in [-0.1, -0.05) is 6.07 Å². The van der Waals surface area contributed by atoms with Crippen LogP contribution in [0.15, 0.2) is 42.9 Å². The molecule has 4 N–H and O–H groups in total. The first-order valence-electron chi connectivity index (χ1n) is 5.12. The Morgan fingerprint density at radius 3 is 2.75 bits per heavy atom. The van der Waals surface area contributed by atoms with Gasteiger partial charge >= 0.3 is 0 Å². The fourth-order valence-corrected chi connectivity index (χ4v) is 1.58. The predicted molar refractivity (Wildman–Crippen MR) is 63.5 cm³/mol. The highest BCUT2D eigenvalue weighted by Gasteiger charge is 2.10. The smallest absolute Gasteiger partial charge is 0.0422 e. The second-order valence-electron chi connectivity index (χ2n) is 3.64. The zero-order valence-corrected chi connectivity index (χ0v) is 8.88. The van der Waals surface area contributed by atoms with Gasteiger partial charge in [0.25, 0.3) is 0 Å². The molecular weight excluding hydrogens is 200 g/mol. The van der Waals surface area contributed by atoms with Crippen LogP contribution in [0.4, 0.5) is 5.69 Å². The Morgan fingerprint density at radius 1 is 1.19 bits per heavy atom. The van der Waals surface area contributed by atoms with Crippen molar-refractivity contribution in [3.8, 4) is 0 Å². The molecular formula is C12H14N4. The summed E-state index contributed by atoms with van der Waals surface area (Å²) in [6, 6.07) is 7.37. The third kappa shape index (κ3) is 2.35. The second kappa shape index (κ2) is 4.72. The Balaban J connectivity index is 2.15. The molecule has 1 atom stereocenters. The maximum atomic E-state index is 6.07. The van der Waals surface area contributed by atoms with Crippen LogP contribution in [-0.2, 0) is 6.42 Å². The molecule has 0 fully saturated rings. The first-order valence-corrected chi connectivity index (χ1v) is 5.12. The Hall–Kier alpha value is -1.94. The third-order valence-corrected chi connectivity index (χ3v) is 2.44. The number of nitrogen functional groups attached to an aromatic ring is 1. The van der Waals surface area contributed by atoms with Gasteiger partial charge < -0.3 is 11.5 Å². The molecule has 16 heavy (non-hydrogen) atoms. The van der Waals surface area contributed by atoms with E-state index in [1.54, 1.807) is 24.7 Å². The summed E-state index contributed by atoms with van der Waals surface area (Å²) in [5.74, 6) is 0. The van der Waals surface area contributed by atoms with Crippen molar-refractivity contribution in [1.29, 1.82) is 0 Å². The number of nitrogens with zero attached hydrogens (tertiary/aromatic N) is 2. The van der Waals surface area contributed by atoms with E-state index in [1.807, 2.05) is 18.2 Å². The molecule has 4 heteroatoms. The molecule has 0 aliphatic rings. The number of nitrogens with two attached hydrogens (primary N) is 2. The molecule has 2 aromatic heterocycles. The minimum Gasteiger partial charge on any atom is -0.398 e. The Morgan fingerprint density at radius 2 is 2.06 bits per heavy atom. The van der Waals surface area contributed by atoms with Crippen LogP contribution in [0.3, 0.4) is 0 Å². The van der Waals surface area contributed by atoms with Crippen molar-refractivity contribution < 1.29 is 0 Å². The van der Waals surface area contributed by atoms with Crippen molar-refractivity contribution >= 4 is 5.69 Å². The minimum atomic E-state index is -0.163. The van der Waals surface area contributed by atoms with E-state index < -0.39 is 0 Å². The van der Waals surface area contributed by atoms with Crippen LogP contribution < -0.4 is 11.5 Å². The van der Waals surface area contributed by atoms with E-state index in [0.717, 1.165) is 11.3 Å². The standard InChI is InChI=1S/C12H14N4/c13-11-4-6-15-8-10(11)12(14)7-9-3-1-2-5-16-9/h1-6,8,12H,7,14H2,(H2,13,15). The van der Waals surface area contributed by atoms with Gasteiger partial charge in [0, 0.05) is 48.0 Å². The Labute approximate surface area is 94.3 Å². The molecule has 2 rings (SSSR count). The molecule has 0 bridgehead atoms. The van der Waals surface area contributed by atoms with Crippen LogP contribution in [0, 0.1) is 0 Å². The van der Waals surface area contributed by atoms with Crippen LogP contribution in [0.1, 0.15) is 17.3 Å². The van der Waals surface area contributed by atoms with Gasteiger partial charge in [0.05, 0.1) is 0 Å². The lowest BCUT2D eigenvalue weighted by Gasteiger charge is -2.13. The molecule has 0 radical (unpaired) electrons. The molecule has 0 aliphatic carbocycles. The summed E-state index contributed by atoms with van der Waals surface area (Å²) in [7, 11) is 0. The lowest BCUT2D eigenvalue weighted by molar-refractivity contribution is 0.705. The van der Waals surface area contributed by atoms with Crippen molar-refractivity contribution in [2.75, 3.05) is 5.73 Å². The predicted octanol–water partition coefficient (Wildman–Crippen LogP) is 1.30. The number of anilines is 1. The van der Waals surface area contributed by atoms with Crippen molar-refractivity contribution in [1.82, 2.24) is 9.97 Å². The van der Waals surface area contributed by atoms with Crippen LogP contribution in [0.5, 0.6) is 0 Å². The van der Waals surface area contributed by atoms with Crippen LogP contribution in [0.2, 0.25) is 0 Å². The average molecular weight is 214 g/mol. The van der Waals surface area contributed by atoms with Gasteiger partial charge in [0.15, 0.2) is 0 Å². The highest BCUT2D eigenvalue weighted by molar-refractivity contribution is 5.46. The van der Waals surface area contributed by atoms with Gasteiger partial charge in [-0.3, -0.25) is 9.97 Å². The summed E-state index contributed by atoms with van der Waals surface area (Å²) in [5, 5.41) is 0. The molecule has 82 valence electrons. The molecule has 4 nitrogen and oxygen atoms in total. The first-order chi connectivity index (χ1) is 7.77. The molecule has 2 aromatic rings. The fraction of sp³-hybridized carbons (Fsp3) is 0.167. The third-order valence-electron chi connectivity index (χ3n) is 2.44. The summed E-state index contributed by atoms with van der Waals surface area (Å²) in [5.41, 5.74) is 14.4. The fourth-order valence-electron chi connectivity index (χ4n) is 1.58. The summed E-state index contributed by atoms with van der Waals surface area (Å²) < 4.78 is 0. The maximum Gasteiger partial charge on any atom is 0.0422 e. The van der Waals surface area contributed by atoms with Crippen molar-refractivity contribution in [2.24, 2.45) is 5.73 Å². The quantitative estimate of drug-likeness (QED) is 0.807. The van der Waals surface area contributed by atoms with Crippen LogP contribution in [0.25, 0.3) is 0 Å². The highest BCUT2D eigenvalue weighted by Crippen LogP contribution is 2.19. The largest absolute Gasteiger partial charge is 0.398 e. The molecule has 1 unspecified atom stereocenters. The SMILES string of the molecule is Nc1ccncc1C(N)Cc1ccccn1. The first kappa shape index (κ1) is 10.6. The Kier molecular flexibility index (Phi) is 3.12. The molecule has 0 aliphatic heterocycles. The summed E-state index contributed by atoms with van der Waals surface area (Å²) in [6.07, 6.45) is 5.79. The number of hydrogen-bond acceptors (Lipinski definition) is 4. The summed E-state index contributed by atoms with van der Waals surface area (Å²) in [4.78, 5) is 8.26. The maximum absolute atomic E-state index is 6.07. The molecule has 0 aromatic carbocycles. The lowest BCUT2D eigenvalue weighted by atomic mass is 10.0. The number of rotatable bonds is 3. The molecule has 0 saturated heterocycles. The summed E-state index contributed by atoms with van der Waals surface area (Å²) in [6.45, 7) is 0. The van der Waals surface area contributed by atoms with Gasteiger partial charge in [-0.25, -0.2) is 0 Å². The minimum absolute atomic E-state index is 0.163. The van der Waals surface area contributed by atoms with E-state index in [0.29, 0.717) is 12.1 Å². The normalized spacial score (nSPS) is 12.3. The van der Waals surface area contributed by atoms with Gasteiger partial charge in [0.1, 0.15) is 0 Å². The Bertz CT molecular complexity index is 456. The van der Waals surface area contributed by atoms with E-state index in [2.05, 4.69) is 9.97 Å².